The summed E-state index contributed by atoms with van der Waals surface area (Å²) in [4.78, 5) is 13.0. The highest BCUT2D eigenvalue weighted by atomic mass is 19.4. The van der Waals surface area contributed by atoms with Gasteiger partial charge < -0.3 is 14.7 Å². The van der Waals surface area contributed by atoms with E-state index in [0.717, 1.165) is 6.07 Å². The van der Waals surface area contributed by atoms with Crippen LogP contribution in [0.3, 0.4) is 0 Å². The number of aromatic carboxylic acids is 1. The van der Waals surface area contributed by atoms with Crippen LogP contribution in [-0.2, 0) is 10.9 Å². The minimum Gasteiger partial charge on any atom is -0.478 e. The van der Waals surface area contributed by atoms with Gasteiger partial charge in [0.1, 0.15) is 0 Å². The van der Waals surface area contributed by atoms with E-state index < -0.39 is 17.7 Å². The molecule has 2 rings (SSSR count). The van der Waals surface area contributed by atoms with Gasteiger partial charge in [-0.15, -0.1) is 0 Å². The highest BCUT2D eigenvalue weighted by Crippen LogP contribution is 2.33. The van der Waals surface area contributed by atoms with Crippen LogP contribution >= 0.6 is 0 Å². The van der Waals surface area contributed by atoms with E-state index in [2.05, 4.69) is 0 Å². The fourth-order valence-electron chi connectivity index (χ4n) is 2.53. The van der Waals surface area contributed by atoms with Crippen LogP contribution in [0, 0.1) is 0 Å². The van der Waals surface area contributed by atoms with Gasteiger partial charge in [-0.05, 0) is 32.0 Å². The molecule has 1 N–H and O–H groups in total. The number of anilines is 1. The Morgan fingerprint density at radius 3 is 2.33 bits per heavy atom. The zero-order valence-corrected chi connectivity index (χ0v) is 11.6. The van der Waals surface area contributed by atoms with E-state index in [-0.39, 0.29) is 23.5 Å². The van der Waals surface area contributed by atoms with E-state index in [0.29, 0.717) is 19.2 Å². The first-order valence-corrected chi connectivity index (χ1v) is 6.53. The molecule has 2 unspecified atom stereocenters. The first-order chi connectivity index (χ1) is 9.68. The lowest BCUT2D eigenvalue weighted by Crippen LogP contribution is -2.46. The number of hydrogen-bond acceptors (Lipinski definition) is 3. The Bertz CT molecular complexity index is 535. The monoisotopic (exact) mass is 303 g/mol. The number of benzene rings is 1. The maximum absolute atomic E-state index is 12.7. The van der Waals surface area contributed by atoms with Gasteiger partial charge in [-0.3, -0.25) is 0 Å². The van der Waals surface area contributed by atoms with Crippen molar-refractivity contribution < 1.29 is 27.8 Å². The van der Waals surface area contributed by atoms with Crippen LogP contribution in [-0.4, -0.2) is 36.4 Å². The summed E-state index contributed by atoms with van der Waals surface area (Å²) in [5.74, 6) is -1.37. The molecule has 7 heteroatoms. The van der Waals surface area contributed by atoms with Crippen molar-refractivity contribution in [1.82, 2.24) is 0 Å². The maximum atomic E-state index is 12.7. The lowest BCUT2D eigenvalue weighted by molar-refractivity contribution is -0.137. The molecular formula is C14H16F3NO3. The van der Waals surface area contributed by atoms with Crippen molar-refractivity contribution in [1.29, 1.82) is 0 Å². The second-order valence-electron chi connectivity index (χ2n) is 5.20. The van der Waals surface area contributed by atoms with Gasteiger partial charge in [0.25, 0.3) is 0 Å². The Labute approximate surface area is 120 Å². The zero-order chi connectivity index (χ0) is 15.8. The van der Waals surface area contributed by atoms with Gasteiger partial charge in [0.15, 0.2) is 0 Å². The maximum Gasteiger partial charge on any atom is 0.416 e. The third-order valence-corrected chi connectivity index (χ3v) is 3.31. The minimum atomic E-state index is -4.56. The Balaban J connectivity index is 2.41. The van der Waals surface area contributed by atoms with Crippen LogP contribution in [0.5, 0.6) is 0 Å². The van der Waals surface area contributed by atoms with Crippen molar-refractivity contribution in [2.75, 3.05) is 18.0 Å². The van der Waals surface area contributed by atoms with E-state index in [1.54, 1.807) is 4.90 Å². The fourth-order valence-corrected chi connectivity index (χ4v) is 2.53. The summed E-state index contributed by atoms with van der Waals surface area (Å²) in [6.07, 6.45) is -4.79. The molecule has 1 aromatic rings. The first kappa shape index (κ1) is 15.6. The first-order valence-electron chi connectivity index (χ1n) is 6.53. The van der Waals surface area contributed by atoms with Gasteiger partial charge >= 0.3 is 12.1 Å². The predicted octanol–water partition coefficient (Wildman–Crippen LogP) is 3.02. The van der Waals surface area contributed by atoms with Crippen molar-refractivity contribution in [3.63, 3.8) is 0 Å². The molecule has 2 atom stereocenters. The third-order valence-electron chi connectivity index (χ3n) is 3.31. The summed E-state index contributed by atoms with van der Waals surface area (Å²) in [6, 6.07) is 2.81. The van der Waals surface area contributed by atoms with Gasteiger partial charge in [-0.25, -0.2) is 4.79 Å². The SMILES string of the molecule is CC1CN(c2ccc(C(F)(F)F)cc2C(=O)O)CC(C)O1. The molecule has 0 aromatic heterocycles. The number of halogens is 3. The lowest BCUT2D eigenvalue weighted by Gasteiger charge is -2.37. The molecule has 0 bridgehead atoms. The second-order valence-corrected chi connectivity index (χ2v) is 5.20. The third kappa shape index (κ3) is 3.47. The quantitative estimate of drug-likeness (QED) is 0.912. The van der Waals surface area contributed by atoms with Crippen molar-refractivity contribution in [2.24, 2.45) is 0 Å². The van der Waals surface area contributed by atoms with Gasteiger partial charge in [-0.1, -0.05) is 0 Å². The Morgan fingerprint density at radius 1 is 1.29 bits per heavy atom. The molecule has 4 nitrogen and oxygen atoms in total. The smallest absolute Gasteiger partial charge is 0.416 e. The largest absolute Gasteiger partial charge is 0.478 e. The average Bonchev–Trinajstić information content (AvgIpc) is 2.35. The molecule has 1 aliphatic rings. The number of ether oxygens (including phenoxy) is 1. The normalized spacial score (nSPS) is 23.2. The molecule has 1 fully saturated rings. The van der Waals surface area contributed by atoms with Crippen LogP contribution < -0.4 is 4.90 Å². The van der Waals surface area contributed by atoms with Crippen LogP contribution in [0.1, 0.15) is 29.8 Å². The Hall–Kier alpha value is -1.76. The van der Waals surface area contributed by atoms with E-state index in [1.165, 1.54) is 6.07 Å². The number of carboxylic acids is 1. The van der Waals surface area contributed by atoms with E-state index in [1.807, 2.05) is 13.8 Å². The number of hydrogen-bond donors (Lipinski definition) is 1. The molecule has 0 spiro atoms. The van der Waals surface area contributed by atoms with Crippen molar-refractivity contribution >= 4 is 11.7 Å². The Morgan fingerprint density at radius 2 is 1.86 bits per heavy atom. The summed E-state index contributed by atoms with van der Waals surface area (Å²) in [5, 5.41) is 9.19. The van der Waals surface area contributed by atoms with E-state index in [9.17, 15) is 23.1 Å². The van der Waals surface area contributed by atoms with E-state index in [4.69, 9.17) is 4.74 Å². The van der Waals surface area contributed by atoms with E-state index >= 15 is 0 Å². The minimum absolute atomic E-state index is 0.113. The standard InChI is InChI=1S/C14H16F3NO3/c1-8-6-18(7-9(2)21-8)12-4-3-10(14(15,16)17)5-11(12)13(19)20/h3-5,8-9H,6-7H2,1-2H3,(H,19,20). The van der Waals surface area contributed by atoms with Gasteiger partial charge in [-0.2, -0.15) is 13.2 Å². The number of alkyl halides is 3. The molecule has 0 amide bonds. The highest BCUT2D eigenvalue weighted by molar-refractivity contribution is 5.94. The van der Waals surface area contributed by atoms with Crippen molar-refractivity contribution in [3.05, 3.63) is 29.3 Å². The molecule has 1 aromatic carbocycles. The zero-order valence-electron chi connectivity index (χ0n) is 11.6. The summed E-state index contributed by atoms with van der Waals surface area (Å²) >= 11 is 0. The van der Waals surface area contributed by atoms with Crippen molar-refractivity contribution in [2.45, 2.75) is 32.2 Å². The van der Waals surface area contributed by atoms with Crippen LogP contribution in [0.4, 0.5) is 18.9 Å². The number of morpholine rings is 1. The average molecular weight is 303 g/mol. The molecule has 0 aliphatic carbocycles. The van der Waals surface area contributed by atoms with Gasteiger partial charge in [0, 0.05) is 13.1 Å². The number of carboxylic acid groups (broad SMARTS) is 1. The van der Waals surface area contributed by atoms with Gasteiger partial charge in [0.2, 0.25) is 0 Å². The summed E-state index contributed by atoms with van der Waals surface area (Å²) in [7, 11) is 0. The molecule has 1 heterocycles. The second kappa shape index (κ2) is 5.55. The van der Waals surface area contributed by atoms with Crippen LogP contribution in [0.2, 0.25) is 0 Å². The number of carbonyl (C=O) groups is 1. The molecule has 1 saturated heterocycles. The topological polar surface area (TPSA) is 49.8 Å². The molecule has 21 heavy (non-hydrogen) atoms. The Kier molecular flexibility index (Phi) is 4.13. The summed E-state index contributed by atoms with van der Waals surface area (Å²) < 4.78 is 43.7. The van der Waals surface area contributed by atoms with Crippen LogP contribution in [0.15, 0.2) is 18.2 Å². The van der Waals surface area contributed by atoms with Crippen molar-refractivity contribution in [3.8, 4) is 0 Å². The molecule has 116 valence electrons. The highest BCUT2D eigenvalue weighted by Gasteiger charge is 2.33. The fraction of sp³-hybridized carbons (Fsp3) is 0.500. The van der Waals surface area contributed by atoms with Crippen LogP contribution in [0.25, 0.3) is 0 Å². The molecule has 1 aliphatic heterocycles. The van der Waals surface area contributed by atoms with Gasteiger partial charge in [0.05, 0.1) is 29.0 Å². The number of rotatable bonds is 2. The number of nitrogens with zero attached hydrogens (tertiary/aromatic N) is 1. The summed E-state index contributed by atoms with van der Waals surface area (Å²) in [5.41, 5.74) is -1.01. The lowest BCUT2D eigenvalue weighted by atomic mass is 10.1. The predicted molar refractivity (Wildman–Crippen MR) is 70.6 cm³/mol. The summed E-state index contributed by atoms with van der Waals surface area (Å²) in [6.45, 7) is 4.56. The molecule has 0 radical (unpaired) electrons. The molecular weight excluding hydrogens is 287 g/mol. The molecule has 0 saturated carbocycles.